The van der Waals surface area contributed by atoms with E-state index >= 15 is 0 Å². The molecule has 0 radical (unpaired) electrons. The molecule has 1 nitrogen and oxygen atoms in total. The van der Waals surface area contributed by atoms with Crippen molar-refractivity contribution in [1.82, 2.24) is 0 Å². The molecule has 0 amide bonds. The lowest BCUT2D eigenvalue weighted by atomic mass is 10.1. The van der Waals surface area contributed by atoms with Crippen molar-refractivity contribution in [1.29, 1.82) is 0 Å². The van der Waals surface area contributed by atoms with E-state index in [1.54, 1.807) is 13.0 Å². The van der Waals surface area contributed by atoms with Crippen molar-refractivity contribution in [2.24, 2.45) is 0 Å². The molecule has 0 saturated heterocycles. The van der Waals surface area contributed by atoms with E-state index in [1.807, 2.05) is 0 Å². The van der Waals surface area contributed by atoms with E-state index in [4.69, 9.17) is 0 Å². The molecule has 0 N–H and O–H groups in total. The summed E-state index contributed by atoms with van der Waals surface area (Å²) >= 11 is 6.15. The number of halogens is 3. The number of carbonyl (C=O) groups is 1. The number of rotatable bonds is 2. The molecular formula is C9H7Br2FO. The Kier molecular flexibility index (Phi) is 3.62. The predicted octanol–water partition coefficient (Wildman–Crippen LogP) is 3.55. The molecule has 70 valence electrons. The summed E-state index contributed by atoms with van der Waals surface area (Å²) in [5.74, 6) is -0.537. The SMILES string of the molecule is CC(Br)C(=O)c1ccc(Br)c(F)c1. The smallest absolute Gasteiger partial charge is 0.176 e. The van der Waals surface area contributed by atoms with Crippen LogP contribution in [0.5, 0.6) is 0 Å². The summed E-state index contributed by atoms with van der Waals surface area (Å²) in [4.78, 5) is 11.1. The van der Waals surface area contributed by atoms with Gasteiger partial charge in [0.15, 0.2) is 5.78 Å². The normalized spacial score (nSPS) is 12.6. The van der Waals surface area contributed by atoms with Crippen LogP contribution in [0.25, 0.3) is 0 Å². The van der Waals surface area contributed by atoms with Gasteiger partial charge in [-0.15, -0.1) is 0 Å². The van der Waals surface area contributed by atoms with E-state index in [1.165, 1.54) is 12.1 Å². The number of hydrogen-bond acceptors (Lipinski definition) is 1. The van der Waals surface area contributed by atoms with E-state index in [0.29, 0.717) is 10.0 Å². The van der Waals surface area contributed by atoms with Gasteiger partial charge in [0, 0.05) is 5.56 Å². The minimum atomic E-state index is -0.418. The first-order valence-corrected chi connectivity index (χ1v) is 5.36. The van der Waals surface area contributed by atoms with Gasteiger partial charge in [0.1, 0.15) is 5.82 Å². The first kappa shape index (κ1) is 10.9. The van der Waals surface area contributed by atoms with Crippen LogP contribution >= 0.6 is 31.9 Å². The lowest BCUT2D eigenvalue weighted by molar-refractivity contribution is 0.0995. The summed E-state index contributed by atoms with van der Waals surface area (Å²) in [5.41, 5.74) is 0.380. The van der Waals surface area contributed by atoms with Crippen LogP contribution in [0, 0.1) is 5.82 Å². The summed E-state index contributed by atoms with van der Waals surface area (Å²) in [6.45, 7) is 1.71. The molecule has 1 aromatic carbocycles. The van der Waals surface area contributed by atoms with Gasteiger partial charge < -0.3 is 0 Å². The zero-order chi connectivity index (χ0) is 10.0. The van der Waals surface area contributed by atoms with Gasteiger partial charge in [-0.05, 0) is 35.0 Å². The maximum Gasteiger partial charge on any atom is 0.176 e. The minimum Gasteiger partial charge on any atom is -0.293 e. The molecule has 1 aromatic rings. The topological polar surface area (TPSA) is 17.1 Å². The van der Waals surface area contributed by atoms with Crippen LogP contribution in [-0.4, -0.2) is 10.6 Å². The number of Topliss-reactive ketones (excluding diaryl/α,β-unsaturated/α-hetero) is 1. The molecule has 0 aliphatic rings. The lowest BCUT2D eigenvalue weighted by Crippen LogP contribution is -2.09. The highest BCUT2D eigenvalue weighted by Gasteiger charge is 2.13. The monoisotopic (exact) mass is 308 g/mol. The van der Waals surface area contributed by atoms with Gasteiger partial charge in [0.2, 0.25) is 0 Å². The Morgan fingerprint density at radius 2 is 2.15 bits per heavy atom. The average Bonchev–Trinajstić information content (AvgIpc) is 2.08. The predicted molar refractivity (Wildman–Crippen MR) is 56.8 cm³/mol. The van der Waals surface area contributed by atoms with Gasteiger partial charge in [-0.25, -0.2) is 4.39 Å². The molecule has 0 heterocycles. The van der Waals surface area contributed by atoms with E-state index in [-0.39, 0.29) is 10.6 Å². The standard InChI is InChI=1S/C9H7Br2FO/c1-5(10)9(13)6-2-3-7(11)8(12)4-6/h2-5H,1H3. The Hall–Kier alpha value is -0.220. The second-order valence-electron chi connectivity index (χ2n) is 2.61. The molecule has 1 atom stereocenters. The summed E-state index contributed by atoms with van der Waals surface area (Å²) in [7, 11) is 0. The van der Waals surface area contributed by atoms with Crippen molar-refractivity contribution in [3.63, 3.8) is 0 Å². The molecule has 0 aliphatic heterocycles. The molecule has 13 heavy (non-hydrogen) atoms. The highest BCUT2D eigenvalue weighted by Crippen LogP contribution is 2.18. The Morgan fingerprint density at radius 1 is 1.54 bits per heavy atom. The average molecular weight is 310 g/mol. The summed E-state index contributed by atoms with van der Waals surface area (Å²) < 4.78 is 13.4. The highest BCUT2D eigenvalue weighted by atomic mass is 79.9. The number of hydrogen-bond donors (Lipinski definition) is 0. The van der Waals surface area contributed by atoms with E-state index in [9.17, 15) is 9.18 Å². The number of ketones is 1. The molecule has 0 aromatic heterocycles. The van der Waals surface area contributed by atoms with Gasteiger partial charge in [-0.3, -0.25) is 4.79 Å². The van der Waals surface area contributed by atoms with Crippen LogP contribution < -0.4 is 0 Å². The third-order valence-electron chi connectivity index (χ3n) is 1.57. The Balaban J connectivity index is 3.04. The van der Waals surface area contributed by atoms with Crippen molar-refractivity contribution in [3.8, 4) is 0 Å². The molecule has 1 unspecified atom stereocenters. The molecule has 0 aliphatic carbocycles. The van der Waals surface area contributed by atoms with Crippen molar-refractivity contribution in [2.75, 3.05) is 0 Å². The third kappa shape index (κ3) is 2.61. The Morgan fingerprint density at radius 3 is 2.62 bits per heavy atom. The lowest BCUT2D eigenvalue weighted by Gasteiger charge is -2.03. The second-order valence-corrected chi connectivity index (χ2v) is 4.84. The quantitative estimate of drug-likeness (QED) is 0.603. The first-order valence-electron chi connectivity index (χ1n) is 3.65. The van der Waals surface area contributed by atoms with Gasteiger partial charge in [-0.1, -0.05) is 22.0 Å². The van der Waals surface area contributed by atoms with Crippen molar-refractivity contribution >= 4 is 37.6 Å². The van der Waals surface area contributed by atoms with E-state index in [0.717, 1.165) is 0 Å². The van der Waals surface area contributed by atoms with Crippen LogP contribution in [0.3, 0.4) is 0 Å². The molecule has 1 rings (SSSR count). The Bertz CT molecular complexity index is 336. The number of benzene rings is 1. The zero-order valence-corrected chi connectivity index (χ0v) is 10.0. The molecule has 0 bridgehead atoms. The molecular weight excluding hydrogens is 303 g/mol. The zero-order valence-electron chi connectivity index (χ0n) is 6.85. The van der Waals surface area contributed by atoms with Crippen LogP contribution in [0.2, 0.25) is 0 Å². The molecule has 0 fully saturated rings. The van der Waals surface area contributed by atoms with Gasteiger partial charge >= 0.3 is 0 Å². The minimum absolute atomic E-state index is 0.119. The van der Waals surface area contributed by atoms with E-state index in [2.05, 4.69) is 31.9 Å². The second kappa shape index (κ2) is 4.33. The number of carbonyl (C=O) groups excluding carboxylic acids is 1. The van der Waals surface area contributed by atoms with Gasteiger partial charge in [-0.2, -0.15) is 0 Å². The molecule has 0 saturated carbocycles. The van der Waals surface area contributed by atoms with Crippen LogP contribution in [0.15, 0.2) is 22.7 Å². The number of alkyl halides is 1. The fourth-order valence-electron chi connectivity index (χ4n) is 0.879. The van der Waals surface area contributed by atoms with E-state index < -0.39 is 5.82 Å². The summed E-state index contributed by atoms with van der Waals surface area (Å²) in [6.07, 6.45) is 0. The molecule has 4 heteroatoms. The van der Waals surface area contributed by atoms with Crippen LogP contribution in [-0.2, 0) is 0 Å². The maximum atomic E-state index is 13.0. The van der Waals surface area contributed by atoms with Crippen molar-refractivity contribution in [3.05, 3.63) is 34.1 Å². The highest BCUT2D eigenvalue weighted by molar-refractivity contribution is 9.10. The van der Waals surface area contributed by atoms with Crippen LogP contribution in [0.1, 0.15) is 17.3 Å². The summed E-state index contributed by atoms with van der Waals surface area (Å²) in [5, 5.41) is 0. The fraction of sp³-hybridized carbons (Fsp3) is 0.222. The van der Waals surface area contributed by atoms with Crippen molar-refractivity contribution in [2.45, 2.75) is 11.8 Å². The van der Waals surface area contributed by atoms with Gasteiger partial charge in [0.25, 0.3) is 0 Å². The van der Waals surface area contributed by atoms with Crippen LogP contribution in [0.4, 0.5) is 4.39 Å². The fourth-order valence-corrected chi connectivity index (χ4v) is 1.39. The Labute approximate surface area is 92.6 Å². The third-order valence-corrected chi connectivity index (χ3v) is 2.62. The van der Waals surface area contributed by atoms with Crippen molar-refractivity contribution < 1.29 is 9.18 Å². The summed E-state index contributed by atoms with van der Waals surface area (Å²) in [6, 6.07) is 4.34. The maximum absolute atomic E-state index is 13.0. The first-order chi connectivity index (χ1) is 6.02. The molecule has 0 spiro atoms. The largest absolute Gasteiger partial charge is 0.293 e. The van der Waals surface area contributed by atoms with Gasteiger partial charge in [0.05, 0.1) is 9.30 Å².